The Morgan fingerprint density at radius 1 is 1.30 bits per heavy atom. The van der Waals surface area contributed by atoms with E-state index < -0.39 is 6.36 Å². The van der Waals surface area contributed by atoms with Crippen molar-refractivity contribution in [2.75, 3.05) is 0 Å². The molecule has 0 aliphatic heterocycles. The molecule has 0 radical (unpaired) electrons. The van der Waals surface area contributed by atoms with Gasteiger partial charge in [0.15, 0.2) is 0 Å². The number of hydrogen-bond donors (Lipinski definition) is 0. The molecule has 20 heavy (non-hydrogen) atoms. The molecule has 0 aliphatic carbocycles. The Bertz CT molecular complexity index is 566. The van der Waals surface area contributed by atoms with Gasteiger partial charge in [0.25, 0.3) is 0 Å². The SMILES string of the molecule is CC(Cl)c1cn(Cc2ccc(OC(F)(F)F)cc2)nn1. The molecule has 0 bridgehead atoms. The minimum atomic E-state index is -4.68. The minimum Gasteiger partial charge on any atom is -0.406 e. The highest BCUT2D eigenvalue weighted by Crippen LogP contribution is 2.23. The molecular weight excluding hydrogens is 295 g/mol. The Hall–Kier alpha value is -1.76. The first-order chi connectivity index (χ1) is 9.33. The summed E-state index contributed by atoms with van der Waals surface area (Å²) < 4.78 is 41.4. The molecule has 108 valence electrons. The Labute approximate surface area is 118 Å². The summed E-state index contributed by atoms with van der Waals surface area (Å²) in [5.74, 6) is -0.255. The van der Waals surface area contributed by atoms with E-state index in [-0.39, 0.29) is 11.1 Å². The van der Waals surface area contributed by atoms with E-state index in [4.69, 9.17) is 11.6 Å². The third-order valence-electron chi connectivity index (χ3n) is 2.47. The van der Waals surface area contributed by atoms with Crippen molar-refractivity contribution in [2.45, 2.75) is 25.2 Å². The molecule has 1 heterocycles. The summed E-state index contributed by atoms with van der Waals surface area (Å²) >= 11 is 5.86. The second-order valence-corrected chi connectivity index (χ2v) is 4.80. The predicted molar refractivity (Wildman–Crippen MR) is 66.5 cm³/mol. The van der Waals surface area contributed by atoms with E-state index >= 15 is 0 Å². The van der Waals surface area contributed by atoms with Crippen molar-refractivity contribution in [2.24, 2.45) is 0 Å². The molecule has 4 nitrogen and oxygen atoms in total. The van der Waals surface area contributed by atoms with Crippen LogP contribution in [0.15, 0.2) is 30.5 Å². The molecule has 0 fully saturated rings. The summed E-state index contributed by atoms with van der Waals surface area (Å²) in [6.45, 7) is 2.17. The van der Waals surface area contributed by atoms with Crippen LogP contribution in [0.4, 0.5) is 13.2 Å². The maximum absolute atomic E-state index is 12.0. The Morgan fingerprint density at radius 3 is 2.45 bits per heavy atom. The van der Waals surface area contributed by atoms with E-state index in [9.17, 15) is 13.2 Å². The first-order valence-corrected chi connectivity index (χ1v) is 6.16. The lowest BCUT2D eigenvalue weighted by atomic mass is 10.2. The van der Waals surface area contributed by atoms with Crippen LogP contribution < -0.4 is 4.74 Å². The van der Waals surface area contributed by atoms with Gasteiger partial charge in [0, 0.05) is 0 Å². The van der Waals surface area contributed by atoms with E-state index in [1.165, 1.54) is 24.3 Å². The van der Waals surface area contributed by atoms with Gasteiger partial charge in [-0.05, 0) is 24.6 Å². The molecule has 8 heteroatoms. The van der Waals surface area contributed by atoms with Crippen LogP contribution in [0.2, 0.25) is 0 Å². The average Bonchev–Trinajstić information content (AvgIpc) is 2.78. The van der Waals surface area contributed by atoms with Gasteiger partial charge in [0.1, 0.15) is 11.4 Å². The molecule has 1 aromatic carbocycles. The molecule has 0 saturated heterocycles. The van der Waals surface area contributed by atoms with E-state index in [0.717, 1.165) is 5.56 Å². The zero-order chi connectivity index (χ0) is 14.8. The summed E-state index contributed by atoms with van der Waals surface area (Å²) in [7, 11) is 0. The van der Waals surface area contributed by atoms with Crippen LogP contribution in [-0.4, -0.2) is 21.4 Å². The van der Waals surface area contributed by atoms with Crippen molar-refractivity contribution in [1.29, 1.82) is 0 Å². The number of nitrogens with zero attached hydrogens (tertiary/aromatic N) is 3. The maximum atomic E-state index is 12.0. The van der Waals surface area contributed by atoms with Crippen LogP contribution in [0.25, 0.3) is 0 Å². The lowest BCUT2D eigenvalue weighted by Gasteiger charge is -2.09. The largest absolute Gasteiger partial charge is 0.573 e. The molecule has 0 spiro atoms. The zero-order valence-electron chi connectivity index (χ0n) is 10.4. The van der Waals surface area contributed by atoms with Crippen LogP contribution in [-0.2, 0) is 6.54 Å². The van der Waals surface area contributed by atoms with Crippen LogP contribution in [0.1, 0.15) is 23.6 Å². The quantitative estimate of drug-likeness (QED) is 0.811. The summed E-state index contributed by atoms with van der Waals surface area (Å²) in [6.07, 6.45) is -2.99. The fourth-order valence-electron chi connectivity index (χ4n) is 1.56. The van der Waals surface area contributed by atoms with Gasteiger partial charge in [-0.25, -0.2) is 4.68 Å². The molecule has 0 saturated carbocycles. The number of halogens is 4. The second kappa shape index (κ2) is 5.70. The van der Waals surface area contributed by atoms with Gasteiger partial charge < -0.3 is 4.74 Å². The molecule has 1 atom stereocenters. The van der Waals surface area contributed by atoms with Crippen molar-refractivity contribution < 1.29 is 17.9 Å². The number of benzene rings is 1. The molecule has 1 aromatic heterocycles. The Balaban J connectivity index is 2.03. The number of hydrogen-bond acceptors (Lipinski definition) is 3. The average molecular weight is 306 g/mol. The Morgan fingerprint density at radius 2 is 1.95 bits per heavy atom. The smallest absolute Gasteiger partial charge is 0.406 e. The van der Waals surface area contributed by atoms with Gasteiger partial charge in [0.2, 0.25) is 0 Å². The van der Waals surface area contributed by atoms with E-state index in [1.807, 2.05) is 0 Å². The highest BCUT2D eigenvalue weighted by molar-refractivity contribution is 6.20. The fraction of sp³-hybridized carbons (Fsp3) is 0.333. The van der Waals surface area contributed by atoms with Crippen LogP contribution in [0.3, 0.4) is 0 Å². The molecule has 1 unspecified atom stereocenters. The van der Waals surface area contributed by atoms with Gasteiger partial charge in [-0.1, -0.05) is 17.3 Å². The molecule has 2 aromatic rings. The lowest BCUT2D eigenvalue weighted by Crippen LogP contribution is -2.17. The zero-order valence-corrected chi connectivity index (χ0v) is 11.2. The highest BCUT2D eigenvalue weighted by Gasteiger charge is 2.30. The normalized spacial score (nSPS) is 13.2. The van der Waals surface area contributed by atoms with Crippen LogP contribution in [0.5, 0.6) is 5.75 Å². The van der Waals surface area contributed by atoms with E-state index in [1.54, 1.807) is 17.8 Å². The molecular formula is C12H11ClF3N3O. The Kier molecular flexibility index (Phi) is 4.17. The van der Waals surface area contributed by atoms with Gasteiger partial charge in [0.05, 0.1) is 18.1 Å². The molecule has 0 amide bonds. The topological polar surface area (TPSA) is 39.9 Å². The van der Waals surface area contributed by atoms with Crippen LogP contribution in [0, 0.1) is 0 Å². The van der Waals surface area contributed by atoms with Gasteiger partial charge in [-0.15, -0.1) is 29.9 Å². The summed E-state index contributed by atoms with van der Waals surface area (Å²) in [4.78, 5) is 0. The first-order valence-electron chi connectivity index (χ1n) is 5.72. The number of rotatable bonds is 4. The minimum absolute atomic E-state index is 0.244. The number of ether oxygens (including phenoxy) is 1. The van der Waals surface area contributed by atoms with Crippen molar-refractivity contribution in [3.63, 3.8) is 0 Å². The standard InChI is InChI=1S/C12H11ClF3N3O/c1-8(13)11-7-19(18-17-11)6-9-2-4-10(5-3-9)20-12(14,15)16/h2-5,7-8H,6H2,1H3. The first kappa shape index (κ1) is 14.6. The highest BCUT2D eigenvalue weighted by atomic mass is 35.5. The van der Waals surface area contributed by atoms with Crippen molar-refractivity contribution in [1.82, 2.24) is 15.0 Å². The number of alkyl halides is 4. The van der Waals surface area contributed by atoms with E-state index in [2.05, 4.69) is 15.0 Å². The van der Waals surface area contributed by atoms with E-state index in [0.29, 0.717) is 12.2 Å². The lowest BCUT2D eigenvalue weighted by molar-refractivity contribution is -0.274. The third kappa shape index (κ3) is 4.12. The number of aromatic nitrogens is 3. The van der Waals surface area contributed by atoms with Crippen LogP contribution >= 0.6 is 11.6 Å². The summed E-state index contributed by atoms with van der Waals surface area (Å²) in [6, 6.07) is 5.58. The monoisotopic (exact) mass is 305 g/mol. The van der Waals surface area contributed by atoms with Crippen molar-refractivity contribution >= 4 is 11.6 Å². The fourth-order valence-corrected chi connectivity index (χ4v) is 1.66. The molecule has 0 N–H and O–H groups in total. The maximum Gasteiger partial charge on any atom is 0.573 e. The predicted octanol–water partition coefficient (Wildman–Crippen LogP) is 3.52. The molecule has 0 aliphatic rings. The summed E-state index contributed by atoms with van der Waals surface area (Å²) in [5.41, 5.74) is 1.42. The molecule has 2 rings (SSSR count). The van der Waals surface area contributed by atoms with Crippen molar-refractivity contribution in [3.8, 4) is 5.75 Å². The van der Waals surface area contributed by atoms with Gasteiger partial charge in [-0.3, -0.25) is 0 Å². The second-order valence-electron chi connectivity index (χ2n) is 4.15. The van der Waals surface area contributed by atoms with Crippen molar-refractivity contribution in [3.05, 3.63) is 41.7 Å². The third-order valence-corrected chi connectivity index (χ3v) is 2.69. The van der Waals surface area contributed by atoms with Gasteiger partial charge in [-0.2, -0.15) is 0 Å². The van der Waals surface area contributed by atoms with Gasteiger partial charge >= 0.3 is 6.36 Å². The summed E-state index contributed by atoms with van der Waals surface area (Å²) in [5, 5.41) is 7.53.